The van der Waals surface area contributed by atoms with Crippen LogP contribution in [0.4, 0.5) is 4.39 Å². The number of hydrogen-bond acceptors (Lipinski definition) is 1. The molecule has 0 heterocycles. The fourth-order valence-electron chi connectivity index (χ4n) is 0.970. The van der Waals surface area contributed by atoms with Crippen molar-refractivity contribution in [3.05, 3.63) is 28.5 Å². The molecule has 1 nitrogen and oxygen atoms in total. The maximum atomic E-state index is 13.0. The highest BCUT2D eigenvalue weighted by Crippen LogP contribution is 2.28. The third kappa shape index (κ3) is 1.69. The molecule has 0 saturated carbocycles. The van der Waals surface area contributed by atoms with Crippen LogP contribution in [0.2, 0.25) is 5.02 Å². The van der Waals surface area contributed by atoms with E-state index >= 15 is 0 Å². The summed E-state index contributed by atoms with van der Waals surface area (Å²) in [6.45, 7) is 1.95. The van der Waals surface area contributed by atoms with Gasteiger partial charge in [0.15, 0.2) is 0 Å². The van der Waals surface area contributed by atoms with Crippen LogP contribution in [0.15, 0.2) is 12.1 Å². The van der Waals surface area contributed by atoms with E-state index in [2.05, 4.69) is 0 Å². The van der Waals surface area contributed by atoms with Crippen molar-refractivity contribution in [3.63, 3.8) is 0 Å². The lowest BCUT2D eigenvalue weighted by Gasteiger charge is -2.05. The van der Waals surface area contributed by atoms with Gasteiger partial charge in [-0.05, 0) is 24.1 Å². The van der Waals surface area contributed by atoms with Crippen molar-refractivity contribution in [1.82, 2.24) is 0 Å². The largest absolute Gasteiger partial charge is 0.495 e. The van der Waals surface area contributed by atoms with Crippen molar-refractivity contribution in [2.45, 2.75) is 13.3 Å². The number of halogens is 2. The van der Waals surface area contributed by atoms with Crippen LogP contribution >= 0.6 is 11.6 Å². The monoisotopic (exact) mass is 188 g/mol. The molecule has 0 N–H and O–H groups in total. The molecule has 1 aromatic carbocycles. The van der Waals surface area contributed by atoms with E-state index in [1.165, 1.54) is 13.2 Å². The molecule has 0 bridgehead atoms. The van der Waals surface area contributed by atoms with E-state index in [0.29, 0.717) is 5.75 Å². The summed E-state index contributed by atoms with van der Waals surface area (Å²) in [6.07, 6.45) is 0.768. The zero-order chi connectivity index (χ0) is 9.14. The lowest BCUT2D eigenvalue weighted by atomic mass is 10.1. The van der Waals surface area contributed by atoms with Crippen molar-refractivity contribution in [2.24, 2.45) is 0 Å². The Bertz CT molecular complexity index is 286. The van der Waals surface area contributed by atoms with Crippen LogP contribution in [0, 0.1) is 5.82 Å². The Morgan fingerprint density at radius 1 is 1.50 bits per heavy atom. The summed E-state index contributed by atoms with van der Waals surface area (Å²) in [4.78, 5) is 0. The van der Waals surface area contributed by atoms with E-state index in [-0.39, 0.29) is 5.02 Å². The fourth-order valence-corrected chi connectivity index (χ4v) is 1.16. The second-order valence-corrected chi connectivity index (χ2v) is 2.83. The second kappa shape index (κ2) is 3.76. The highest BCUT2D eigenvalue weighted by atomic mass is 35.5. The van der Waals surface area contributed by atoms with Gasteiger partial charge in [-0.3, -0.25) is 0 Å². The molecule has 0 saturated heterocycles. The van der Waals surface area contributed by atoms with Crippen molar-refractivity contribution >= 4 is 11.6 Å². The number of aryl methyl sites for hydroxylation is 1. The maximum absolute atomic E-state index is 13.0. The van der Waals surface area contributed by atoms with E-state index in [1.54, 1.807) is 6.07 Å². The highest BCUT2D eigenvalue weighted by Gasteiger charge is 2.07. The van der Waals surface area contributed by atoms with Gasteiger partial charge in [-0.25, -0.2) is 4.39 Å². The third-order valence-electron chi connectivity index (χ3n) is 1.68. The minimum atomic E-state index is -0.423. The SMILES string of the molecule is CCc1cc(F)c(Cl)c(OC)c1. The van der Waals surface area contributed by atoms with Gasteiger partial charge >= 0.3 is 0 Å². The quantitative estimate of drug-likeness (QED) is 0.693. The molecule has 0 atom stereocenters. The third-order valence-corrected chi connectivity index (χ3v) is 2.05. The van der Waals surface area contributed by atoms with Crippen LogP contribution in [0.1, 0.15) is 12.5 Å². The summed E-state index contributed by atoms with van der Waals surface area (Å²) in [7, 11) is 1.47. The van der Waals surface area contributed by atoms with Crippen molar-refractivity contribution in [2.75, 3.05) is 7.11 Å². The Morgan fingerprint density at radius 3 is 2.67 bits per heavy atom. The van der Waals surface area contributed by atoms with Crippen LogP contribution in [-0.4, -0.2) is 7.11 Å². The molecule has 0 unspecified atom stereocenters. The molecule has 0 radical (unpaired) electrons. The first-order valence-electron chi connectivity index (χ1n) is 3.71. The van der Waals surface area contributed by atoms with E-state index in [4.69, 9.17) is 16.3 Å². The Labute approximate surface area is 76.1 Å². The van der Waals surface area contributed by atoms with Gasteiger partial charge in [-0.15, -0.1) is 0 Å². The topological polar surface area (TPSA) is 9.23 Å². The molecular formula is C9H10ClFO. The first-order valence-corrected chi connectivity index (χ1v) is 4.08. The molecule has 0 aliphatic carbocycles. The number of methoxy groups -OCH3 is 1. The summed E-state index contributed by atoms with van der Waals surface area (Å²) in [5.41, 5.74) is 0.883. The first kappa shape index (κ1) is 9.33. The van der Waals surface area contributed by atoms with Gasteiger partial charge in [-0.1, -0.05) is 18.5 Å². The van der Waals surface area contributed by atoms with Crippen molar-refractivity contribution in [3.8, 4) is 5.75 Å². The summed E-state index contributed by atoms with van der Waals surface area (Å²) < 4.78 is 17.9. The Morgan fingerprint density at radius 2 is 2.17 bits per heavy atom. The fraction of sp³-hybridized carbons (Fsp3) is 0.333. The molecule has 0 aromatic heterocycles. The molecule has 12 heavy (non-hydrogen) atoms. The Balaban J connectivity index is 3.19. The van der Waals surface area contributed by atoms with Crippen molar-refractivity contribution < 1.29 is 9.13 Å². The average molecular weight is 189 g/mol. The number of hydrogen-bond donors (Lipinski definition) is 0. The van der Waals surface area contributed by atoms with Crippen LogP contribution in [0.5, 0.6) is 5.75 Å². The molecule has 66 valence electrons. The average Bonchev–Trinajstić information content (AvgIpc) is 2.09. The molecular weight excluding hydrogens is 179 g/mol. The second-order valence-electron chi connectivity index (χ2n) is 2.45. The molecule has 0 aliphatic heterocycles. The predicted molar refractivity (Wildman–Crippen MR) is 47.3 cm³/mol. The van der Waals surface area contributed by atoms with Crippen molar-refractivity contribution in [1.29, 1.82) is 0 Å². The lowest BCUT2D eigenvalue weighted by molar-refractivity contribution is 0.411. The van der Waals surface area contributed by atoms with E-state index < -0.39 is 5.82 Å². The zero-order valence-corrected chi connectivity index (χ0v) is 7.78. The van der Waals surface area contributed by atoms with Gasteiger partial charge in [0, 0.05) is 0 Å². The Kier molecular flexibility index (Phi) is 2.93. The molecule has 0 amide bonds. The van der Waals surface area contributed by atoms with Gasteiger partial charge < -0.3 is 4.74 Å². The van der Waals surface area contributed by atoms with Gasteiger partial charge in [0.1, 0.15) is 16.6 Å². The normalized spacial score (nSPS) is 10.0. The smallest absolute Gasteiger partial charge is 0.145 e. The summed E-state index contributed by atoms with van der Waals surface area (Å²) in [6, 6.07) is 3.16. The van der Waals surface area contributed by atoms with E-state index in [1.807, 2.05) is 6.92 Å². The highest BCUT2D eigenvalue weighted by molar-refractivity contribution is 6.32. The number of rotatable bonds is 2. The van der Waals surface area contributed by atoms with Gasteiger partial charge in [0.25, 0.3) is 0 Å². The molecule has 1 aromatic rings. The minimum absolute atomic E-state index is 0.0506. The maximum Gasteiger partial charge on any atom is 0.145 e. The van der Waals surface area contributed by atoms with Gasteiger partial charge in [-0.2, -0.15) is 0 Å². The van der Waals surface area contributed by atoms with E-state index in [0.717, 1.165) is 12.0 Å². The summed E-state index contributed by atoms with van der Waals surface area (Å²) in [5.74, 6) is -0.0265. The van der Waals surface area contributed by atoms with Crippen LogP contribution < -0.4 is 4.74 Å². The van der Waals surface area contributed by atoms with E-state index in [9.17, 15) is 4.39 Å². The first-order chi connectivity index (χ1) is 5.69. The zero-order valence-electron chi connectivity index (χ0n) is 7.03. The summed E-state index contributed by atoms with van der Waals surface area (Å²) in [5, 5.41) is 0.0506. The predicted octanol–water partition coefficient (Wildman–Crippen LogP) is 3.05. The van der Waals surface area contributed by atoms with Gasteiger partial charge in [0.2, 0.25) is 0 Å². The molecule has 0 spiro atoms. The standard InChI is InChI=1S/C9H10ClFO/c1-3-6-4-7(11)9(10)8(5-6)12-2/h4-5H,3H2,1-2H3. The molecule has 0 fully saturated rings. The van der Waals surface area contributed by atoms with Crippen LogP contribution in [0.3, 0.4) is 0 Å². The molecule has 1 rings (SSSR count). The summed E-state index contributed by atoms with van der Waals surface area (Å²) >= 11 is 5.62. The van der Waals surface area contributed by atoms with Gasteiger partial charge in [0.05, 0.1) is 7.11 Å². The lowest BCUT2D eigenvalue weighted by Crippen LogP contribution is -1.90. The minimum Gasteiger partial charge on any atom is -0.495 e. The van der Waals surface area contributed by atoms with Crippen LogP contribution in [-0.2, 0) is 6.42 Å². The number of benzene rings is 1. The van der Waals surface area contributed by atoms with Crippen LogP contribution in [0.25, 0.3) is 0 Å². The number of ether oxygens (including phenoxy) is 1. The molecule has 3 heteroatoms. The molecule has 0 aliphatic rings. The Hall–Kier alpha value is -0.760.